The third kappa shape index (κ3) is 3.53. The molecule has 2 rings (SSSR count). The molecular weight excluding hydrogens is 270 g/mol. The molecule has 1 aliphatic rings. The summed E-state index contributed by atoms with van der Waals surface area (Å²) >= 11 is 0. The van der Waals surface area contributed by atoms with Crippen LogP contribution in [0, 0.1) is 25.7 Å². The fourth-order valence-corrected chi connectivity index (χ4v) is 3.63. The van der Waals surface area contributed by atoms with Gasteiger partial charge in [-0.3, -0.25) is 4.79 Å². The highest BCUT2D eigenvalue weighted by Crippen LogP contribution is 2.29. The highest BCUT2D eigenvalue weighted by Gasteiger charge is 2.33. The van der Waals surface area contributed by atoms with E-state index in [0.29, 0.717) is 17.9 Å². The van der Waals surface area contributed by atoms with E-state index in [1.807, 2.05) is 0 Å². The zero-order chi connectivity index (χ0) is 16.4. The first-order valence-corrected chi connectivity index (χ1v) is 8.74. The number of hydrogen-bond donors (Lipinski definition) is 0. The van der Waals surface area contributed by atoms with Gasteiger partial charge in [-0.25, -0.2) is 0 Å². The van der Waals surface area contributed by atoms with Crippen LogP contribution in [0.1, 0.15) is 67.6 Å². The Hall–Kier alpha value is -1.31. The first-order valence-electron chi connectivity index (χ1n) is 8.74. The molecule has 1 aliphatic heterocycles. The molecule has 1 amide bonds. The van der Waals surface area contributed by atoms with Gasteiger partial charge < -0.3 is 4.90 Å². The number of likely N-dealkylation sites (tertiary alicyclic amines) is 1. The Bertz CT molecular complexity index is 547. The summed E-state index contributed by atoms with van der Waals surface area (Å²) in [5.74, 6) is 1.43. The van der Waals surface area contributed by atoms with Crippen LogP contribution in [-0.4, -0.2) is 23.4 Å². The lowest BCUT2D eigenvalue weighted by molar-refractivity contribution is 0.0729. The van der Waals surface area contributed by atoms with Gasteiger partial charge in [0.05, 0.1) is 0 Å². The van der Waals surface area contributed by atoms with Gasteiger partial charge in [0.25, 0.3) is 5.91 Å². The second-order valence-corrected chi connectivity index (χ2v) is 7.55. The predicted molar refractivity (Wildman–Crippen MR) is 93.4 cm³/mol. The quantitative estimate of drug-likeness (QED) is 0.785. The first-order chi connectivity index (χ1) is 10.3. The number of hydrogen-bond acceptors (Lipinski definition) is 1. The van der Waals surface area contributed by atoms with Crippen LogP contribution in [0.15, 0.2) is 12.1 Å². The molecule has 1 fully saturated rings. The Balaban J connectivity index is 2.37. The second-order valence-electron chi connectivity index (χ2n) is 7.55. The molecule has 1 heterocycles. The van der Waals surface area contributed by atoms with Crippen molar-refractivity contribution in [1.29, 1.82) is 0 Å². The highest BCUT2D eigenvalue weighted by atomic mass is 16.2. The molecule has 0 N–H and O–H groups in total. The van der Waals surface area contributed by atoms with Gasteiger partial charge in [0.15, 0.2) is 0 Å². The number of amides is 1. The van der Waals surface area contributed by atoms with Crippen LogP contribution >= 0.6 is 0 Å². The normalized spacial score (nSPS) is 21.7. The van der Waals surface area contributed by atoms with Crippen molar-refractivity contribution in [1.82, 2.24) is 4.90 Å². The monoisotopic (exact) mass is 301 g/mol. The van der Waals surface area contributed by atoms with E-state index < -0.39 is 0 Å². The van der Waals surface area contributed by atoms with Crippen LogP contribution in [0.5, 0.6) is 0 Å². The maximum atomic E-state index is 13.2. The molecule has 0 radical (unpaired) electrons. The molecule has 1 saturated heterocycles. The molecule has 2 atom stereocenters. The van der Waals surface area contributed by atoms with Gasteiger partial charge in [-0.05, 0) is 67.7 Å². The van der Waals surface area contributed by atoms with E-state index in [-0.39, 0.29) is 5.91 Å². The highest BCUT2D eigenvalue weighted by molar-refractivity contribution is 5.96. The summed E-state index contributed by atoms with van der Waals surface area (Å²) in [5.41, 5.74) is 4.66. The first kappa shape index (κ1) is 17.1. The minimum atomic E-state index is 0.245. The lowest BCUT2D eigenvalue weighted by Crippen LogP contribution is -2.36. The van der Waals surface area contributed by atoms with E-state index in [2.05, 4.69) is 58.6 Å². The number of carbonyl (C=O) groups is 1. The molecule has 0 aromatic heterocycles. The number of carbonyl (C=O) groups excluding carboxylic acids is 1. The van der Waals surface area contributed by atoms with Crippen molar-refractivity contribution >= 4 is 5.91 Å². The van der Waals surface area contributed by atoms with Crippen LogP contribution in [-0.2, 0) is 6.42 Å². The van der Waals surface area contributed by atoms with Crippen molar-refractivity contribution in [2.45, 2.75) is 66.8 Å². The van der Waals surface area contributed by atoms with Crippen molar-refractivity contribution in [3.05, 3.63) is 34.4 Å². The minimum absolute atomic E-state index is 0.245. The molecule has 2 heteroatoms. The summed E-state index contributed by atoms with van der Waals surface area (Å²) < 4.78 is 0. The molecule has 0 saturated carbocycles. The van der Waals surface area contributed by atoms with E-state index in [1.165, 1.54) is 16.7 Å². The molecule has 0 aliphatic carbocycles. The van der Waals surface area contributed by atoms with Crippen molar-refractivity contribution in [2.75, 3.05) is 6.54 Å². The van der Waals surface area contributed by atoms with E-state index in [0.717, 1.165) is 31.4 Å². The van der Waals surface area contributed by atoms with Crippen LogP contribution in [0.2, 0.25) is 0 Å². The van der Waals surface area contributed by atoms with Gasteiger partial charge in [0.1, 0.15) is 0 Å². The van der Waals surface area contributed by atoms with Crippen molar-refractivity contribution < 1.29 is 4.79 Å². The fourth-order valence-electron chi connectivity index (χ4n) is 3.63. The van der Waals surface area contributed by atoms with Gasteiger partial charge in [-0.2, -0.15) is 0 Å². The van der Waals surface area contributed by atoms with E-state index in [9.17, 15) is 4.79 Å². The van der Waals surface area contributed by atoms with E-state index >= 15 is 0 Å². The Labute approximate surface area is 135 Å². The molecule has 1 aromatic carbocycles. The average Bonchev–Trinajstić information content (AvgIpc) is 2.82. The van der Waals surface area contributed by atoms with Gasteiger partial charge in [0, 0.05) is 18.2 Å². The Morgan fingerprint density at radius 2 is 1.91 bits per heavy atom. The second kappa shape index (κ2) is 6.85. The van der Waals surface area contributed by atoms with Crippen molar-refractivity contribution in [3.8, 4) is 0 Å². The maximum absolute atomic E-state index is 13.2. The van der Waals surface area contributed by atoms with Crippen molar-refractivity contribution in [2.24, 2.45) is 11.8 Å². The lowest BCUT2D eigenvalue weighted by Gasteiger charge is -2.25. The summed E-state index contributed by atoms with van der Waals surface area (Å²) in [6.07, 6.45) is 3.18. The summed E-state index contributed by atoms with van der Waals surface area (Å²) in [4.78, 5) is 15.3. The lowest BCUT2D eigenvalue weighted by atomic mass is 9.93. The number of nitrogens with zero attached hydrogens (tertiary/aromatic N) is 1. The van der Waals surface area contributed by atoms with E-state index in [4.69, 9.17) is 0 Å². The third-order valence-corrected chi connectivity index (χ3v) is 4.93. The zero-order valence-electron chi connectivity index (χ0n) is 15.1. The fraction of sp³-hybridized carbons (Fsp3) is 0.650. The molecule has 2 nitrogen and oxygen atoms in total. The Kier molecular flexibility index (Phi) is 5.31. The maximum Gasteiger partial charge on any atom is 0.254 e. The summed E-state index contributed by atoms with van der Waals surface area (Å²) in [6, 6.07) is 4.75. The number of benzene rings is 1. The van der Waals surface area contributed by atoms with E-state index in [1.54, 1.807) is 0 Å². The number of rotatable bonds is 4. The molecule has 1 aromatic rings. The average molecular weight is 301 g/mol. The topological polar surface area (TPSA) is 20.3 Å². The summed E-state index contributed by atoms with van der Waals surface area (Å²) in [6.45, 7) is 14.0. The van der Waals surface area contributed by atoms with Crippen LogP contribution < -0.4 is 0 Å². The molecule has 0 bridgehead atoms. The SMILES string of the molecule is CCC1CC(C)CN1C(=O)c1cc(C)c(C)cc1CC(C)C. The van der Waals surface area contributed by atoms with Gasteiger partial charge in [0.2, 0.25) is 0 Å². The summed E-state index contributed by atoms with van der Waals surface area (Å²) in [5, 5.41) is 0. The van der Waals surface area contributed by atoms with Crippen LogP contribution in [0.25, 0.3) is 0 Å². The Morgan fingerprint density at radius 1 is 1.27 bits per heavy atom. The van der Waals surface area contributed by atoms with Crippen molar-refractivity contribution in [3.63, 3.8) is 0 Å². The molecule has 22 heavy (non-hydrogen) atoms. The molecule has 2 unspecified atom stereocenters. The van der Waals surface area contributed by atoms with Crippen LogP contribution in [0.4, 0.5) is 0 Å². The summed E-state index contributed by atoms with van der Waals surface area (Å²) in [7, 11) is 0. The molecule has 0 spiro atoms. The molecular formula is C20H31NO. The largest absolute Gasteiger partial charge is 0.335 e. The van der Waals surface area contributed by atoms with Gasteiger partial charge in [-0.15, -0.1) is 0 Å². The van der Waals surface area contributed by atoms with Crippen LogP contribution in [0.3, 0.4) is 0 Å². The smallest absolute Gasteiger partial charge is 0.254 e. The molecule has 122 valence electrons. The predicted octanol–water partition coefficient (Wildman–Crippen LogP) is 4.76. The van der Waals surface area contributed by atoms with Gasteiger partial charge >= 0.3 is 0 Å². The standard InChI is InChI=1S/C20H31NO/c1-7-18-9-14(4)12-21(18)20(22)19-11-16(6)15(5)10-17(19)8-13(2)3/h10-11,13-14,18H,7-9,12H2,1-6H3. The number of aryl methyl sites for hydroxylation is 2. The zero-order valence-corrected chi connectivity index (χ0v) is 15.1. The minimum Gasteiger partial charge on any atom is -0.335 e. The third-order valence-electron chi connectivity index (χ3n) is 4.93. The Morgan fingerprint density at radius 3 is 2.50 bits per heavy atom. The van der Waals surface area contributed by atoms with Gasteiger partial charge in [-0.1, -0.05) is 33.8 Å².